The summed E-state index contributed by atoms with van der Waals surface area (Å²) in [4.78, 5) is 29.9. The molecule has 2 heterocycles. The molecule has 1 aliphatic rings. The minimum Gasteiger partial charge on any atom is -0.357 e. The molecular formula is C14H18ClN3O2. The zero-order valence-electron chi connectivity index (χ0n) is 11.6. The first kappa shape index (κ1) is 14.8. The molecule has 0 aliphatic carbocycles. The lowest BCUT2D eigenvalue weighted by Gasteiger charge is -2.24. The molecule has 1 atom stereocenters. The van der Waals surface area contributed by atoms with E-state index in [1.165, 1.54) is 4.90 Å². The Morgan fingerprint density at radius 3 is 2.75 bits per heavy atom. The van der Waals surface area contributed by atoms with Crippen molar-refractivity contribution in [3.05, 3.63) is 23.4 Å². The van der Waals surface area contributed by atoms with Crippen molar-refractivity contribution in [2.75, 3.05) is 5.32 Å². The highest BCUT2D eigenvalue weighted by atomic mass is 35.5. The van der Waals surface area contributed by atoms with Crippen LogP contribution in [0, 0.1) is 0 Å². The van der Waals surface area contributed by atoms with E-state index in [1.54, 1.807) is 18.3 Å². The van der Waals surface area contributed by atoms with Gasteiger partial charge in [0, 0.05) is 12.2 Å². The fraction of sp³-hybridized carbons (Fsp3) is 0.500. The monoisotopic (exact) mass is 295 g/mol. The summed E-state index contributed by atoms with van der Waals surface area (Å²) in [5.41, 5.74) is 0. The fourth-order valence-electron chi connectivity index (χ4n) is 2.46. The molecular weight excluding hydrogens is 278 g/mol. The third-order valence-electron chi connectivity index (χ3n) is 3.56. The highest BCUT2D eigenvalue weighted by Gasteiger charge is 2.41. The lowest BCUT2D eigenvalue weighted by atomic mass is 10.1. The van der Waals surface area contributed by atoms with Crippen LogP contribution in [0.4, 0.5) is 5.82 Å². The van der Waals surface area contributed by atoms with Crippen LogP contribution in [0.25, 0.3) is 0 Å². The highest BCUT2D eigenvalue weighted by Crippen LogP contribution is 2.25. The Labute approximate surface area is 123 Å². The molecule has 1 N–H and O–H groups in total. The second-order valence-corrected chi connectivity index (χ2v) is 5.21. The number of aromatic nitrogens is 1. The van der Waals surface area contributed by atoms with Gasteiger partial charge >= 0.3 is 0 Å². The van der Waals surface area contributed by atoms with E-state index in [-0.39, 0.29) is 24.3 Å². The number of anilines is 1. The quantitative estimate of drug-likeness (QED) is 0.848. The third kappa shape index (κ3) is 2.77. The first-order valence-corrected chi connectivity index (χ1v) is 7.19. The van der Waals surface area contributed by atoms with E-state index in [2.05, 4.69) is 10.3 Å². The van der Waals surface area contributed by atoms with E-state index in [4.69, 9.17) is 11.6 Å². The van der Waals surface area contributed by atoms with Crippen LogP contribution in [0.5, 0.6) is 0 Å². The van der Waals surface area contributed by atoms with Crippen molar-refractivity contribution >= 4 is 29.2 Å². The number of carbonyl (C=O) groups excluding carboxylic acids is 2. The van der Waals surface area contributed by atoms with E-state index in [1.807, 2.05) is 13.8 Å². The van der Waals surface area contributed by atoms with Gasteiger partial charge in [-0.15, -0.1) is 0 Å². The van der Waals surface area contributed by atoms with Crippen molar-refractivity contribution in [2.24, 2.45) is 0 Å². The SMILES string of the molecule is CCC(CC)N1C(=O)CC(Nc2ncccc2Cl)C1=O. The van der Waals surface area contributed by atoms with Crippen molar-refractivity contribution in [3.8, 4) is 0 Å². The van der Waals surface area contributed by atoms with Gasteiger partial charge in [0.05, 0.1) is 11.4 Å². The smallest absolute Gasteiger partial charge is 0.252 e. The predicted octanol–water partition coefficient (Wildman–Crippen LogP) is 2.46. The van der Waals surface area contributed by atoms with Crippen molar-refractivity contribution in [2.45, 2.75) is 45.2 Å². The number of likely N-dealkylation sites (tertiary alicyclic amines) is 1. The van der Waals surface area contributed by atoms with Gasteiger partial charge in [0.1, 0.15) is 11.9 Å². The standard InChI is InChI=1S/C14H18ClN3O2/c1-3-9(4-2)18-12(19)8-11(14(18)20)17-13-10(15)6-5-7-16-13/h5-7,9,11H,3-4,8H2,1-2H3,(H,16,17). The summed E-state index contributed by atoms with van der Waals surface area (Å²) in [6.07, 6.45) is 3.28. The zero-order chi connectivity index (χ0) is 14.7. The lowest BCUT2D eigenvalue weighted by Crippen LogP contribution is -2.41. The second kappa shape index (κ2) is 6.22. The maximum Gasteiger partial charge on any atom is 0.252 e. The molecule has 2 rings (SSSR count). The number of carbonyl (C=O) groups is 2. The maximum atomic E-state index is 12.4. The average Bonchev–Trinajstić information content (AvgIpc) is 2.71. The Morgan fingerprint density at radius 1 is 1.45 bits per heavy atom. The van der Waals surface area contributed by atoms with Gasteiger partial charge in [0.25, 0.3) is 5.91 Å². The predicted molar refractivity (Wildman–Crippen MR) is 77.5 cm³/mol. The summed E-state index contributed by atoms with van der Waals surface area (Å²) >= 11 is 6.01. The number of amides is 2. The Kier molecular flexibility index (Phi) is 4.60. The number of halogens is 1. The van der Waals surface area contributed by atoms with Crippen LogP contribution in [0.1, 0.15) is 33.1 Å². The molecule has 1 aliphatic heterocycles. The molecule has 5 nitrogen and oxygen atoms in total. The van der Waals surface area contributed by atoms with Crippen molar-refractivity contribution in [1.29, 1.82) is 0 Å². The summed E-state index contributed by atoms with van der Waals surface area (Å²) in [7, 11) is 0. The molecule has 0 saturated carbocycles. The van der Waals surface area contributed by atoms with Crippen molar-refractivity contribution in [1.82, 2.24) is 9.88 Å². The van der Waals surface area contributed by atoms with Gasteiger partial charge < -0.3 is 5.32 Å². The Balaban J connectivity index is 2.14. The summed E-state index contributed by atoms with van der Waals surface area (Å²) in [6, 6.07) is 2.80. The topological polar surface area (TPSA) is 62.3 Å². The van der Waals surface area contributed by atoms with Crippen LogP contribution in [0.2, 0.25) is 5.02 Å². The van der Waals surface area contributed by atoms with Crippen LogP contribution in [0.3, 0.4) is 0 Å². The average molecular weight is 296 g/mol. The van der Waals surface area contributed by atoms with E-state index >= 15 is 0 Å². The minimum absolute atomic E-state index is 0.0268. The molecule has 108 valence electrons. The number of rotatable bonds is 5. The number of hydrogen-bond donors (Lipinski definition) is 1. The zero-order valence-corrected chi connectivity index (χ0v) is 12.4. The van der Waals surface area contributed by atoms with Gasteiger partial charge in [-0.3, -0.25) is 14.5 Å². The van der Waals surface area contributed by atoms with Crippen LogP contribution >= 0.6 is 11.6 Å². The van der Waals surface area contributed by atoms with E-state index in [0.29, 0.717) is 10.8 Å². The van der Waals surface area contributed by atoms with Gasteiger partial charge in [-0.1, -0.05) is 25.4 Å². The first-order valence-electron chi connectivity index (χ1n) is 6.81. The van der Waals surface area contributed by atoms with Gasteiger partial charge in [0.2, 0.25) is 5.91 Å². The molecule has 0 aromatic carbocycles. The van der Waals surface area contributed by atoms with E-state index < -0.39 is 6.04 Å². The van der Waals surface area contributed by atoms with Crippen LogP contribution in [-0.2, 0) is 9.59 Å². The molecule has 1 aromatic rings. The normalized spacial score (nSPS) is 19.0. The van der Waals surface area contributed by atoms with Crippen LogP contribution in [-0.4, -0.2) is 33.8 Å². The largest absolute Gasteiger partial charge is 0.357 e. The molecule has 1 saturated heterocycles. The van der Waals surface area contributed by atoms with Gasteiger partial charge in [-0.05, 0) is 25.0 Å². The summed E-state index contributed by atoms with van der Waals surface area (Å²) in [5.74, 6) is 0.116. The Bertz CT molecular complexity index is 517. The van der Waals surface area contributed by atoms with Crippen LogP contribution in [0.15, 0.2) is 18.3 Å². The molecule has 20 heavy (non-hydrogen) atoms. The molecule has 1 aromatic heterocycles. The number of nitrogens with one attached hydrogen (secondary N) is 1. The van der Waals surface area contributed by atoms with Crippen molar-refractivity contribution < 1.29 is 9.59 Å². The molecule has 2 amide bonds. The second-order valence-electron chi connectivity index (χ2n) is 4.81. The van der Waals surface area contributed by atoms with Gasteiger partial charge in [-0.2, -0.15) is 0 Å². The minimum atomic E-state index is -0.574. The molecule has 0 spiro atoms. The van der Waals surface area contributed by atoms with Gasteiger partial charge in [-0.25, -0.2) is 4.98 Å². The summed E-state index contributed by atoms with van der Waals surface area (Å²) in [6.45, 7) is 3.95. The first-order chi connectivity index (χ1) is 9.58. The fourth-order valence-corrected chi connectivity index (χ4v) is 2.63. The lowest BCUT2D eigenvalue weighted by molar-refractivity contribution is -0.141. The van der Waals surface area contributed by atoms with E-state index in [0.717, 1.165) is 12.8 Å². The number of pyridine rings is 1. The maximum absolute atomic E-state index is 12.4. The molecule has 1 unspecified atom stereocenters. The molecule has 1 fully saturated rings. The summed E-state index contributed by atoms with van der Waals surface area (Å²) < 4.78 is 0. The summed E-state index contributed by atoms with van der Waals surface area (Å²) in [5, 5.41) is 3.41. The molecule has 0 radical (unpaired) electrons. The van der Waals surface area contributed by atoms with E-state index in [9.17, 15) is 9.59 Å². The Hall–Kier alpha value is -1.62. The highest BCUT2D eigenvalue weighted by molar-refractivity contribution is 6.33. The Morgan fingerprint density at radius 2 is 2.15 bits per heavy atom. The number of hydrogen-bond acceptors (Lipinski definition) is 4. The van der Waals surface area contributed by atoms with Crippen LogP contribution < -0.4 is 5.32 Å². The number of imide groups is 1. The number of nitrogens with zero attached hydrogens (tertiary/aromatic N) is 2. The van der Waals surface area contributed by atoms with Crippen molar-refractivity contribution in [3.63, 3.8) is 0 Å². The third-order valence-corrected chi connectivity index (χ3v) is 3.87. The molecule has 6 heteroatoms. The molecule has 0 bridgehead atoms. The van der Waals surface area contributed by atoms with Gasteiger partial charge in [0.15, 0.2) is 0 Å².